The van der Waals surface area contributed by atoms with E-state index in [-0.39, 0.29) is 27.7 Å². The van der Waals surface area contributed by atoms with E-state index in [0.717, 1.165) is 11.8 Å². The van der Waals surface area contributed by atoms with Crippen LogP contribution in [0.1, 0.15) is 13.8 Å². The van der Waals surface area contributed by atoms with Gasteiger partial charge in [0, 0.05) is 18.7 Å². The largest absolute Gasteiger partial charge is 0.495 e. The fraction of sp³-hybridized carbons (Fsp3) is 0.286. The van der Waals surface area contributed by atoms with E-state index in [9.17, 15) is 13.2 Å². The average Bonchev–Trinajstić information content (AvgIpc) is 3.28. The number of hydrogen-bond donors (Lipinski definition) is 1. The third kappa shape index (κ3) is 5.47. The predicted octanol–water partition coefficient (Wildman–Crippen LogP) is 3.51. The molecule has 170 valence electrons. The van der Waals surface area contributed by atoms with Gasteiger partial charge in [-0.15, -0.1) is 10.2 Å². The first-order chi connectivity index (χ1) is 15.4. The van der Waals surface area contributed by atoms with Crippen molar-refractivity contribution in [3.05, 3.63) is 48.5 Å². The number of rotatable bonds is 10. The zero-order valence-corrected chi connectivity index (χ0v) is 19.6. The van der Waals surface area contributed by atoms with Crippen LogP contribution in [0.25, 0.3) is 11.5 Å². The summed E-state index contributed by atoms with van der Waals surface area (Å²) in [5, 5.41) is 10.9. The third-order valence-electron chi connectivity index (χ3n) is 4.56. The molecule has 2 aromatic carbocycles. The van der Waals surface area contributed by atoms with Gasteiger partial charge in [0.05, 0.1) is 23.4 Å². The minimum absolute atomic E-state index is 0.0702. The molecule has 0 unspecified atom stereocenters. The number of nitrogens with one attached hydrogen (secondary N) is 1. The lowest BCUT2D eigenvalue weighted by Crippen LogP contribution is -2.30. The molecule has 0 bridgehead atoms. The second-order valence-electron chi connectivity index (χ2n) is 6.52. The number of methoxy groups -OCH3 is 1. The Balaban J connectivity index is 1.63. The first-order valence-corrected chi connectivity index (χ1v) is 12.3. The van der Waals surface area contributed by atoms with Gasteiger partial charge >= 0.3 is 0 Å². The van der Waals surface area contributed by atoms with E-state index in [1.807, 2.05) is 6.07 Å². The van der Waals surface area contributed by atoms with Crippen molar-refractivity contribution in [3.8, 4) is 17.2 Å². The Bertz CT molecular complexity index is 1160. The highest BCUT2D eigenvalue weighted by Gasteiger charge is 2.22. The Morgan fingerprint density at radius 2 is 1.78 bits per heavy atom. The van der Waals surface area contributed by atoms with Crippen LogP contribution in [0.15, 0.2) is 63.1 Å². The van der Waals surface area contributed by atoms with Gasteiger partial charge in [-0.2, -0.15) is 4.31 Å². The molecule has 0 spiro atoms. The van der Waals surface area contributed by atoms with Crippen molar-refractivity contribution in [2.45, 2.75) is 24.0 Å². The summed E-state index contributed by atoms with van der Waals surface area (Å²) in [5.41, 5.74) is 1.16. The molecule has 0 aliphatic carbocycles. The molecule has 32 heavy (non-hydrogen) atoms. The highest BCUT2D eigenvalue weighted by atomic mass is 32.2. The lowest BCUT2D eigenvalue weighted by atomic mass is 10.2. The summed E-state index contributed by atoms with van der Waals surface area (Å²) in [5.74, 6) is 0.632. The number of sulfonamides is 1. The Hall–Kier alpha value is -2.89. The summed E-state index contributed by atoms with van der Waals surface area (Å²) in [6, 6.07) is 13.4. The lowest BCUT2D eigenvalue weighted by molar-refractivity contribution is -0.113. The first-order valence-electron chi connectivity index (χ1n) is 9.88. The van der Waals surface area contributed by atoms with Crippen molar-refractivity contribution >= 4 is 33.4 Å². The van der Waals surface area contributed by atoms with E-state index in [2.05, 4.69) is 15.5 Å². The van der Waals surface area contributed by atoms with Crippen LogP contribution in [0.5, 0.6) is 5.75 Å². The topological polar surface area (TPSA) is 115 Å². The molecule has 0 saturated carbocycles. The van der Waals surface area contributed by atoms with Crippen molar-refractivity contribution in [1.29, 1.82) is 0 Å². The van der Waals surface area contributed by atoms with E-state index in [1.54, 1.807) is 44.2 Å². The number of aromatic nitrogens is 2. The Morgan fingerprint density at radius 3 is 2.44 bits per heavy atom. The first kappa shape index (κ1) is 23.8. The van der Waals surface area contributed by atoms with Crippen LogP contribution in [-0.4, -0.2) is 54.8 Å². The molecule has 1 heterocycles. The van der Waals surface area contributed by atoms with E-state index in [0.29, 0.717) is 30.1 Å². The maximum absolute atomic E-state index is 12.6. The summed E-state index contributed by atoms with van der Waals surface area (Å²) < 4.78 is 37.4. The van der Waals surface area contributed by atoms with Crippen molar-refractivity contribution in [3.63, 3.8) is 0 Å². The highest BCUT2D eigenvalue weighted by Crippen LogP contribution is 2.26. The van der Waals surface area contributed by atoms with Crippen LogP contribution >= 0.6 is 11.8 Å². The summed E-state index contributed by atoms with van der Waals surface area (Å²) in [6.07, 6.45) is 0. The average molecular weight is 477 g/mol. The minimum atomic E-state index is -3.53. The predicted molar refractivity (Wildman–Crippen MR) is 122 cm³/mol. The molecular weight excluding hydrogens is 452 g/mol. The number of para-hydroxylation sites is 2. The van der Waals surface area contributed by atoms with E-state index in [1.165, 1.54) is 23.5 Å². The van der Waals surface area contributed by atoms with Gasteiger partial charge in [-0.1, -0.05) is 37.7 Å². The van der Waals surface area contributed by atoms with Gasteiger partial charge in [-0.25, -0.2) is 8.42 Å². The van der Waals surface area contributed by atoms with Gasteiger partial charge in [0.1, 0.15) is 5.75 Å². The summed E-state index contributed by atoms with van der Waals surface area (Å²) in [4.78, 5) is 12.4. The summed E-state index contributed by atoms with van der Waals surface area (Å²) in [7, 11) is -2.00. The molecule has 11 heteroatoms. The quantitative estimate of drug-likeness (QED) is 0.442. The maximum Gasteiger partial charge on any atom is 0.277 e. The van der Waals surface area contributed by atoms with Gasteiger partial charge in [0.25, 0.3) is 5.22 Å². The second-order valence-corrected chi connectivity index (χ2v) is 9.39. The molecule has 9 nitrogen and oxygen atoms in total. The monoisotopic (exact) mass is 476 g/mol. The van der Waals surface area contributed by atoms with Crippen LogP contribution in [0.3, 0.4) is 0 Å². The number of amides is 1. The Kier molecular flexibility index (Phi) is 7.89. The molecule has 0 aliphatic rings. The van der Waals surface area contributed by atoms with Crippen molar-refractivity contribution in [1.82, 2.24) is 14.5 Å². The number of carbonyl (C=O) groups is 1. The number of hydrogen-bond acceptors (Lipinski definition) is 8. The molecule has 0 aliphatic heterocycles. The molecule has 1 amide bonds. The number of benzene rings is 2. The number of thioether (sulfide) groups is 1. The number of nitrogens with zero attached hydrogens (tertiary/aromatic N) is 3. The van der Waals surface area contributed by atoms with Crippen LogP contribution < -0.4 is 10.1 Å². The normalized spacial score (nSPS) is 11.5. The second kappa shape index (κ2) is 10.6. The zero-order valence-electron chi connectivity index (χ0n) is 17.9. The standard InChI is InChI=1S/C21H24N4O5S2/c1-4-25(5-2)32(27,28)16-12-10-15(11-13-16)20-23-24-21(30-20)31-14-19(26)22-17-8-6-7-9-18(17)29-3/h6-13H,4-5,14H2,1-3H3,(H,22,26). The summed E-state index contributed by atoms with van der Waals surface area (Å²) in [6.45, 7) is 4.39. The molecular formula is C21H24N4O5S2. The Labute approximate surface area is 191 Å². The summed E-state index contributed by atoms with van der Waals surface area (Å²) >= 11 is 1.10. The highest BCUT2D eigenvalue weighted by molar-refractivity contribution is 7.99. The molecule has 1 aromatic heterocycles. The maximum atomic E-state index is 12.6. The van der Waals surface area contributed by atoms with E-state index < -0.39 is 10.0 Å². The van der Waals surface area contributed by atoms with Crippen molar-refractivity contribution in [2.24, 2.45) is 0 Å². The molecule has 3 aromatic rings. The van der Waals surface area contributed by atoms with Crippen LogP contribution in [0.2, 0.25) is 0 Å². The Morgan fingerprint density at radius 1 is 1.09 bits per heavy atom. The van der Waals surface area contributed by atoms with E-state index in [4.69, 9.17) is 9.15 Å². The van der Waals surface area contributed by atoms with Gasteiger partial charge < -0.3 is 14.5 Å². The van der Waals surface area contributed by atoms with Gasteiger partial charge in [-0.3, -0.25) is 4.79 Å². The molecule has 0 saturated heterocycles. The van der Waals surface area contributed by atoms with Gasteiger partial charge in [-0.05, 0) is 36.4 Å². The fourth-order valence-electron chi connectivity index (χ4n) is 2.93. The lowest BCUT2D eigenvalue weighted by Gasteiger charge is -2.18. The van der Waals surface area contributed by atoms with Crippen molar-refractivity contribution < 1.29 is 22.4 Å². The van der Waals surface area contributed by atoms with Crippen LogP contribution in [0.4, 0.5) is 5.69 Å². The van der Waals surface area contributed by atoms with Crippen LogP contribution in [0, 0.1) is 0 Å². The molecule has 0 radical (unpaired) electrons. The molecule has 1 N–H and O–H groups in total. The van der Waals surface area contributed by atoms with Gasteiger partial charge in [0.15, 0.2) is 0 Å². The number of anilines is 1. The molecule has 0 fully saturated rings. The molecule has 0 atom stereocenters. The van der Waals surface area contributed by atoms with Gasteiger partial charge in [0.2, 0.25) is 21.8 Å². The van der Waals surface area contributed by atoms with Crippen LogP contribution in [-0.2, 0) is 14.8 Å². The molecule has 3 rings (SSSR count). The SMILES string of the molecule is CCN(CC)S(=O)(=O)c1ccc(-c2nnc(SCC(=O)Nc3ccccc3OC)o2)cc1. The smallest absolute Gasteiger partial charge is 0.277 e. The van der Waals surface area contributed by atoms with E-state index >= 15 is 0 Å². The third-order valence-corrected chi connectivity index (χ3v) is 7.44. The minimum Gasteiger partial charge on any atom is -0.495 e. The zero-order chi connectivity index (χ0) is 23.1. The number of ether oxygens (including phenoxy) is 1. The fourth-order valence-corrected chi connectivity index (χ4v) is 4.95. The number of carbonyl (C=O) groups excluding carboxylic acids is 1. The van der Waals surface area contributed by atoms with Crippen molar-refractivity contribution in [2.75, 3.05) is 31.3 Å².